The van der Waals surface area contributed by atoms with Crippen molar-refractivity contribution in [1.29, 1.82) is 0 Å². The minimum atomic E-state index is -0.0157. The lowest BCUT2D eigenvalue weighted by atomic mass is 9.85. The Hall–Kier alpha value is -0.830. The van der Waals surface area contributed by atoms with Gasteiger partial charge in [0, 0.05) is 49.0 Å². The van der Waals surface area contributed by atoms with Crippen molar-refractivity contribution in [1.82, 2.24) is 15.5 Å². The molecule has 1 aromatic carbocycles. The second-order valence-corrected chi connectivity index (χ2v) is 8.06. The fraction of sp³-hybridized carbons (Fsp3) is 0.579. The predicted molar refractivity (Wildman–Crippen MR) is 122 cm³/mol. The molecule has 1 aliphatic heterocycles. The van der Waals surface area contributed by atoms with Crippen LogP contribution in [0.3, 0.4) is 0 Å². The van der Waals surface area contributed by atoms with E-state index in [0.29, 0.717) is 6.42 Å². The Morgan fingerprint density at radius 3 is 2.58 bits per heavy atom. The molecular weight excluding hydrogens is 507 g/mol. The predicted octanol–water partition coefficient (Wildman–Crippen LogP) is 3.52. The average molecular weight is 537 g/mol. The minimum absolute atomic E-state index is 0. The van der Waals surface area contributed by atoms with Gasteiger partial charge in [-0.2, -0.15) is 0 Å². The molecule has 0 saturated carbocycles. The van der Waals surface area contributed by atoms with E-state index < -0.39 is 0 Å². The number of hydrogen-bond donors (Lipinski definition) is 2. The third-order valence-corrected chi connectivity index (χ3v) is 5.26. The Bertz CT molecular complexity index is 618. The normalized spacial score (nSPS) is 17.7. The Morgan fingerprint density at radius 2 is 2.00 bits per heavy atom. The summed E-state index contributed by atoms with van der Waals surface area (Å²) < 4.78 is 1.09. The van der Waals surface area contributed by atoms with Gasteiger partial charge in [0.05, 0.1) is 0 Å². The molecule has 26 heavy (non-hydrogen) atoms. The van der Waals surface area contributed by atoms with Crippen molar-refractivity contribution in [2.75, 3.05) is 26.7 Å². The van der Waals surface area contributed by atoms with Gasteiger partial charge in [0.2, 0.25) is 5.91 Å². The van der Waals surface area contributed by atoms with Gasteiger partial charge in [-0.05, 0) is 24.1 Å². The lowest BCUT2D eigenvalue weighted by Gasteiger charge is -2.27. The van der Waals surface area contributed by atoms with E-state index in [-0.39, 0.29) is 41.3 Å². The van der Waals surface area contributed by atoms with Crippen LogP contribution in [-0.2, 0) is 10.2 Å². The van der Waals surface area contributed by atoms with E-state index in [4.69, 9.17) is 0 Å². The molecule has 0 bridgehead atoms. The Labute approximate surface area is 182 Å². The van der Waals surface area contributed by atoms with Crippen molar-refractivity contribution >= 4 is 51.8 Å². The van der Waals surface area contributed by atoms with Gasteiger partial charge in [0.1, 0.15) is 0 Å². The largest absolute Gasteiger partial charge is 0.356 e. The molecule has 2 N–H and O–H groups in total. The number of hydrogen-bond acceptors (Lipinski definition) is 2. The van der Waals surface area contributed by atoms with E-state index in [0.717, 1.165) is 36.5 Å². The molecule has 5 nitrogen and oxygen atoms in total. The third kappa shape index (κ3) is 6.40. The van der Waals surface area contributed by atoms with Crippen LogP contribution in [0, 0.1) is 0 Å². The first kappa shape index (κ1) is 23.2. The smallest absolute Gasteiger partial charge is 0.222 e. The number of guanidine groups is 1. The van der Waals surface area contributed by atoms with E-state index in [1.54, 1.807) is 7.05 Å². The van der Waals surface area contributed by atoms with Gasteiger partial charge < -0.3 is 15.5 Å². The molecule has 1 saturated heterocycles. The van der Waals surface area contributed by atoms with Crippen molar-refractivity contribution in [3.05, 3.63) is 34.3 Å². The van der Waals surface area contributed by atoms with Gasteiger partial charge in [-0.1, -0.05) is 48.8 Å². The van der Waals surface area contributed by atoms with Crippen LogP contribution in [0.25, 0.3) is 0 Å². The first-order valence-corrected chi connectivity index (χ1v) is 9.66. The first-order valence-electron chi connectivity index (χ1n) is 8.86. The van der Waals surface area contributed by atoms with Gasteiger partial charge in [-0.15, -0.1) is 24.0 Å². The summed E-state index contributed by atoms with van der Waals surface area (Å²) in [6, 6.07) is 8.70. The van der Waals surface area contributed by atoms with E-state index in [2.05, 4.69) is 69.7 Å². The number of nitrogens with one attached hydrogen (secondary N) is 2. The monoisotopic (exact) mass is 536 g/mol. The maximum absolute atomic E-state index is 11.8. The molecule has 0 aromatic heterocycles. The summed E-state index contributed by atoms with van der Waals surface area (Å²) in [6.45, 7) is 8.70. The van der Waals surface area contributed by atoms with Crippen LogP contribution in [0.1, 0.15) is 39.2 Å². The summed E-state index contributed by atoms with van der Waals surface area (Å²) in [6.07, 6.45) is 1.53. The number of nitrogens with zero attached hydrogens (tertiary/aromatic N) is 2. The Kier molecular flexibility index (Phi) is 9.36. The minimum Gasteiger partial charge on any atom is -0.356 e. The molecule has 1 atom stereocenters. The highest BCUT2D eigenvalue weighted by atomic mass is 127. The molecule has 1 amide bonds. The van der Waals surface area contributed by atoms with Gasteiger partial charge in [0.25, 0.3) is 0 Å². The molecule has 1 unspecified atom stereocenters. The summed E-state index contributed by atoms with van der Waals surface area (Å²) in [5.41, 5.74) is 1.26. The van der Waals surface area contributed by atoms with E-state index >= 15 is 0 Å². The summed E-state index contributed by atoms with van der Waals surface area (Å²) in [5, 5.41) is 6.88. The molecule has 1 heterocycles. The molecule has 7 heteroatoms. The van der Waals surface area contributed by atoms with Gasteiger partial charge in [0.15, 0.2) is 5.96 Å². The first-order chi connectivity index (χ1) is 11.9. The quantitative estimate of drug-likeness (QED) is 0.344. The highest BCUT2D eigenvalue weighted by Crippen LogP contribution is 2.24. The summed E-state index contributed by atoms with van der Waals surface area (Å²) >= 11 is 3.48. The molecule has 1 fully saturated rings. The van der Waals surface area contributed by atoms with Crippen LogP contribution >= 0.6 is 39.9 Å². The fourth-order valence-electron chi connectivity index (χ4n) is 3.02. The third-order valence-electron chi connectivity index (χ3n) is 4.73. The number of aliphatic imine (C=N–C) groups is 1. The van der Waals surface area contributed by atoms with Gasteiger partial charge in [-0.3, -0.25) is 9.79 Å². The van der Waals surface area contributed by atoms with Crippen molar-refractivity contribution < 1.29 is 4.79 Å². The van der Waals surface area contributed by atoms with Crippen molar-refractivity contribution in [3.8, 4) is 0 Å². The highest BCUT2D eigenvalue weighted by Gasteiger charge is 2.26. The van der Waals surface area contributed by atoms with E-state index in [1.165, 1.54) is 5.56 Å². The van der Waals surface area contributed by atoms with Crippen LogP contribution in [0.15, 0.2) is 33.7 Å². The maximum Gasteiger partial charge on any atom is 0.222 e. The van der Waals surface area contributed by atoms with Crippen LogP contribution in [0.4, 0.5) is 0 Å². The van der Waals surface area contributed by atoms with Crippen molar-refractivity contribution in [2.24, 2.45) is 4.99 Å². The zero-order valence-electron chi connectivity index (χ0n) is 16.0. The second kappa shape index (κ2) is 10.5. The van der Waals surface area contributed by atoms with Gasteiger partial charge >= 0.3 is 0 Å². The molecule has 2 rings (SSSR count). The standard InChI is InChI=1S/C19H29BrN4O.HI/c1-5-17(25)24-11-10-16(12-24)23-18(21-4)22-13-19(2,3)14-6-8-15(20)9-7-14;/h6-9,16H,5,10-13H2,1-4H3,(H2,21,22,23);1H. The molecule has 1 aliphatic rings. The highest BCUT2D eigenvalue weighted by molar-refractivity contribution is 14.0. The van der Waals surface area contributed by atoms with E-state index in [1.807, 2.05) is 11.8 Å². The Morgan fingerprint density at radius 1 is 1.35 bits per heavy atom. The fourth-order valence-corrected chi connectivity index (χ4v) is 3.29. The number of carbonyl (C=O) groups is 1. The van der Waals surface area contributed by atoms with Crippen LogP contribution in [-0.4, -0.2) is 49.5 Å². The van der Waals surface area contributed by atoms with Crippen molar-refractivity contribution in [2.45, 2.75) is 45.1 Å². The molecule has 1 aromatic rings. The zero-order valence-corrected chi connectivity index (χ0v) is 19.9. The zero-order chi connectivity index (χ0) is 18.4. The summed E-state index contributed by atoms with van der Waals surface area (Å²) in [4.78, 5) is 18.1. The van der Waals surface area contributed by atoms with E-state index in [9.17, 15) is 4.79 Å². The average Bonchev–Trinajstić information content (AvgIpc) is 3.06. The second-order valence-electron chi connectivity index (χ2n) is 7.14. The topological polar surface area (TPSA) is 56.7 Å². The number of likely N-dealkylation sites (tertiary alicyclic amines) is 1. The lowest BCUT2D eigenvalue weighted by molar-refractivity contribution is -0.129. The summed E-state index contributed by atoms with van der Waals surface area (Å²) in [5.74, 6) is 1.02. The van der Waals surface area contributed by atoms with Crippen LogP contribution in [0.5, 0.6) is 0 Å². The van der Waals surface area contributed by atoms with Gasteiger partial charge in [-0.25, -0.2) is 0 Å². The number of halogens is 2. The number of benzene rings is 1. The number of rotatable bonds is 5. The molecule has 0 radical (unpaired) electrons. The molecule has 0 spiro atoms. The lowest BCUT2D eigenvalue weighted by Crippen LogP contribution is -2.48. The maximum atomic E-state index is 11.8. The van der Waals surface area contributed by atoms with Crippen LogP contribution < -0.4 is 10.6 Å². The summed E-state index contributed by atoms with van der Waals surface area (Å²) in [7, 11) is 1.78. The molecular formula is C19H30BrIN4O. The molecule has 146 valence electrons. The molecule has 0 aliphatic carbocycles. The number of amides is 1. The number of carbonyl (C=O) groups excluding carboxylic acids is 1. The Balaban J connectivity index is 0.00000338. The van der Waals surface area contributed by atoms with Crippen LogP contribution in [0.2, 0.25) is 0 Å². The van der Waals surface area contributed by atoms with Crippen molar-refractivity contribution in [3.63, 3.8) is 0 Å². The SMILES string of the molecule is CCC(=O)N1CCC(NC(=NC)NCC(C)(C)c2ccc(Br)cc2)C1.I.